The number of rotatable bonds is 5. The molecule has 0 radical (unpaired) electrons. The third-order valence-electron chi connectivity index (χ3n) is 3.52. The molecule has 26 heavy (non-hydrogen) atoms. The van der Waals surface area contributed by atoms with Crippen molar-refractivity contribution in [1.29, 1.82) is 0 Å². The lowest BCUT2D eigenvalue weighted by Crippen LogP contribution is -2.23. The molecule has 1 heterocycles. The first-order valence-corrected chi connectivity index (χ1v) is 8.65. The molecule has 0 aliphatic carbocycles. The molecule has 0 fully saturated rings. The van der Waals surface area contributed by atoms with Crippen molar-refractivity contribution < 1.29 is 18.7 Å². The standard InChI is InChI=1S/C20H16BrNO4/c1-24-17-9-4-6-14-12-18(26-19(14)17)20(23)22-10-2-3-11-25-16-8-5-7-15(21)13-16/h4-9,12-13H,10-11H2,1H3,(H,22,23). The van der Waals surface area contributed by atoms with Gasteiger partial charge in [0.05, 0.1) is 13.7 Å². The van der Waals surface area contributed by atoms with Crippen molar-refractivity contribution in [3.05, 3.63) is 58.8 Å². The van der Waals surface area contributed by atoms with Crippen LogP contribution in [0.3, 0.4) is 0 Å². The van der Waals surface area contributed by atoms with Crippen LogP contribution in [-0.2, 0) is 0 Å². The Morgan fingerprint density at radius 3 is 2.85 bits per heavy atom. The van der Waals surface area contributed by atoms with Gasteiger partial charge < -0.3 is 19.2 Å². The first kappa shape index (κ1) is 17.9. The van der Waals surface area contributed by atoms with Gasteiger partial charge in [-0.2, -0.15) is 0 Å². The van der Waals surface area contributed by atoms with Crippen molar-refractivity contribution in [2.45, 2.75) is 0 Å². The number of ether oxygens (including phenoxy) is 2. The lowest BCUT2D eigenvalue weighted by Gasteiger charge is -2.01. The number of amides is 1. The summed E-state index contributed by atoms with van der Waals surface area (Å²) in [4.78, 5) is 12.2. The number of nitrogens with one attached hydrogen (secondary N) is 1. The van der Waals surface area contributed by atoms with E-state index < -0.39 is 0 Å². The van der Waals surface area contributed by atoms with Crippen molar-refractivity contribution in [2.24, 2.45) is 0 Å². The molecule has 2 aromatic carbocycles. The SMILES string of the molecule is COc1cccc2cc(C(=O)NCC#CCOc3cccc(Br)c3)oc12. The molecule has 1 N–H and O–H groups in total. The molecular weight excluding hydrogens is 398 g/mol. The van der Waals surface area contributed by atoms with Crippen molar-refractivity contribution in [2.75, 3.05) is 20.3 Å². The van der Waals surface area contributed by atoms with Crippen LogP contribution in [0.2, 0.25) is 0 Å². The Kier molecular flexibility index (Phi) is 5.82. The average molecular weight is 414 g/mol. The molecule has 0 saturated heterocycles. The van der Waals surface area contributed by atoms with Crippen LogP contribution in [-0.4, -0.2) is 26.2 Å². The van der Waals surface area contributed by atoms with E-state index in [1.165, 1.54) is 0 Å². The average Bonchev–Trinajstić information content (AvgIpc) is 3.09. The quantitative estimate of drug-likeness (QED) is 0.641. The summed E-state index contributed by atoms with van der Waals surface area (Å²) in [7, 11) is 1.56. The van der Waals surface area contributed by atoms with E-state index in [-0.39, 0.29) is 24.8 Å². The van der Waals surface area contributed by atoms with Crippen LogP contribution in [0.15, 0.2) is 57.4 Å². The second-order valence-corrected chi connectivity index (χ2v) is 6.19. The zero-order chi connectivity index (χ0) is 18.4. The predicted molar refractivity (Wildman–Crippen MR) is 103 cm³/mol. The minimum atomic E-state index is -0.328. The van der Waals surface area contributed by atoms with Crippen LogP contribution in [0.1, 0.15) is 10.6 Å². The molecule has 3 rings (SSSR count). The fourth-order valence-corrected chi connectivity index (χ4v) is 2.69. The van der Waals surface area contributed by atoms with E-state index in [2.05, 4.69) is 33.1 Å². The third kappa shape index (κ3) is 4.38. The number of hydrogen-bond acceptors (Lipinski definition) is 4. The normalized spacial score (nSPS) is 10.1. The molecule has 5 nitrogen and oxygen atoms in total. The van der Waals surface area contributed by atoms with Crippen LogP contribution in [0.4, 0.5) is 0 Å². The van der Waals surface area contributed by atoms with Gasteiger partial charge in [0.25, 0.3) is 5.91 Å². The fourth-order valence-electron chi connectivity index (χ4n) is 2.31. The van der Waals surface area contributed by atoms with Gasteiger partial charge in [-0.3, -0.25) is 4.79 Å². The topological polar surface area (TPSA) is 60.7 Å². The second-order valence-electron chi connectivity index (χ2n) is 5.27. The lowest BCUT2D eigenvalue weighted by molar-refractivity contribution is 0.0933. The van der Waals surface area contributed by atoms with Crippen molar-refractivity contribution in [1.82, 2.24) is 5.32 Å². The number of benzene rings is 2. The smallest absolute Gasteiger partial charge is 0.287 e. The minimum Gasteiger partial charge on any atom is -0.493 e. The van der Waals surface area contributed by atoms with Crippen LogP contribution in [0.25, 0.3) is 11.0 Å². The van der Waals surface area contributed by atoms with Crippen LogP contribution >= 0.6 is 15.9 Å². The van der Waals surface area contributed by atoms with E-state index >= 15 is 0 Å². The maximum Gasteiger partial charge on any atom is 0.287 e. The largest absolute Gasteiger partial charge is 0.493 e. The van der Waals surface area contributed by atoms with Gasteiger partial charge in [0.15, 0.2) is 17.1 Å². The summed E-state index contributed by atoms with van der Waals surface area (Å²) in [6.45, 7) is 0.447. The van der Waals surface area contributed by atoms with Gasteiger partial charge >= 0.3 is 0 Å². The van der Waals surface area contributed by atoms with Gasteiger partial charge in [0.2, 0.25) is 0 Å². The Balaban J connectivity index is 1.52. The maximum atomic E-state index is 12.2. The number of halogens is 1. The number of carbonyl (C=O) groups excluding carboxylic acids is 1. The van der Waals surface area contributed by atoms with Crippen molar-refractivity contribution >= 4 is 32.8 Å². The van der Waals surface area contributed by atoms with E-state index in [1.54, 1.807) is 19.2 Å². The lowest BCUT2D eigenvalue weighted by atomic mass is 10.2. The molecule has 0 aliphatic rings. The van der Waals surface area contributed by atoms with Gasteiger partial charge in [0.1, 0.15) is 12.4 Å². The summed E-state index contributed by atoms with van der Waals surface area (Å²) in [5, 5.41) is 3.50. The molecule has 6 heteroatoms. The highest BCUT2D eigenvalue weighted by Crippen LogP contribution is 2.28. The molecule has 0 spiro atoms. The molecular formula is C20H16BrNO4. The number of para-hydroxylation sites is 1. The number of carbonyl (C=O) groups is 1. The monoisotopic (exact) mass is 413 g/mol. The number of furan rings is 1. The van der Waals surface area contributed by atoms with E-state index in [1.807, 2.05) is 36.4 Å². The highest BCUT2D eigenvalue weighted by molar-refractivity contribution is 9.10. The molecule has 0 atom stereocenters. The Bertz CT molecular complexity index is 984. The van der Waals surface area contributed by atoms with Gasteiger partial charge in [-0.15, -0.1) is 0 Å². The maximum absolute atomic E-state index is 12.2. The second kappa shape index (κ2) is 8.45. The molecule has 3 aromatic rings. The highest BCUT2D eigenvalue weighted by Gasteiger charge is 2.13. The first-order chi connectivity index (χ1) is 12.7. The molecule has 0 bridgehead atoms. The fraction of sp³-hybridized carbons (Fsp3) is 0.150. The van der Waals surface area contributed by atoms with Crippen LogP contribution < -0.4 is 14.8 Å². The van der Waals surface area contributed by atoms with Gasteiger partial charge in [-0.05, 0) is 30.3 Å². The molecule has 0 unspecified atom stereocenters. The highest BCUT2D eigenvalue weighted by atomic mass is 79.9. The third-order valence-corrected chi connectivity index (χ3v) is 4.01. The Morgan fingerprint density at radius 1 is 1.19 bits per heavy atom. The summed E-state index contributed by atoms with van der Waals surface area (Å²) in [5.41, 5.74) is 0.550. The number of methoxy groups -OCH3 is 1. The zero-order valence-electron chi connectivity index (χ0n) is 14.0. The van der Waals surface area contributed by atoms with E-state index in [9.17, 15) is 4.79 Å². The Hall–Kier alpha value is -2.91. The Labute approximate surface area is 159 Å². The molecule has 1 amide bonds. The van der Waals surface area contributed by atoms with Crippen LogP contribution in [0.5, 0.6) is 11.5 Å². The van der Waals surface area contributed by atoms with Gasteiger partial charge in [0, 0.05) is 9.86 Å². The number of hydrogen-bond donors (Lipinski definition) is 1. The molecule has 0 aliphatic heterocycles. The molecule has 1 aromatic heterocycles. The number of fused-ring (bicyclic) bond motifs is 1. The van der Waals surface area contributed by atoms with E-state index in [0.29, 0.717) is 11.3 Å². The summed E-state index contributed by atoms with van der Waals surface area (Å²) in [6, 6.07) is 14.7. The summed E-state index contributed by atoms with van der Waals surface area (Å²) in [5.74, 6) is 6.90. The van der Waals surface area contributed by atoms with Gasteiger partial charge in [-0.25, -0.2) is 0 Å². The van der Waals surface area contributed by atoms with Crippen molar-refractivity contribution in [3.8, 4) is 23.3 Å². The predicted octanol–water partition coefficient (Wildman–Crippen LogP) is 4.02. The first-order valence-electron chi connectivity index (χ1n) is 7.86. The molecule has 0 saturated carbocycles. The Morgan fingerprint density at radius 2 is 2.04 bits per heavy atom. The van der Waals surface area contributed by atoms with Crippen molar-refractivity contribution in [3.63, 3.8) is 0 Å². The van der Waals surface area contributed by atoms with Crippen LogP contribution in [0, 0.1) is 11.8 Å². The summed E-state index contributed by atoms with van der Waals surface area (Å²) < 4.78 is 17.2. The minimum absolute atomic E-state index is 0.203. The van der Waals surface area contributed by atoms with E-state index in [4.69, 9.17) is 13.9 Å². The molecule has 132 valence electrons. The van der Waals surface area contributed by atoms with E-state index in [0.717, 1.165) is 15.6 Å². The summed E-state index contributed by atoms with van der Waals surface area (Å²) >= 11 is 3.38. The summed E-state index contributed by atoms with van der Waals surface area (Å²) in [6.07, 6.45) is 0. The van der Waals surface area contributed by atoms with Gasteiger partial charge in [-0.1, -0.05) is 46.0 Å². The zero-order valence-corrected chi connectivity index (χ0v) is 15.6.